The minimum atomic E-state index is 0.580. The molecule has 21 heavy (non-hydrogen) atoms. The quantitative estimate of drug-likeness (QED) is 0.422. The smallest absolute Gasteiger partial charge is 0.187 e. The van der Waals surface area contributed by atoms with E-state index in [2.05, 4.69) is 25.3 Å². The number of benzene rings is 1. The van der Waals surface area contributed by atoms with Crippen molar-refractivity contribution < 1.29 is 0 Å². The molecule has 0 saturated carbocycles. The zero-order valence-corrected chi connectivity index (χ0v) is 11.7. The molecule has 1 N–H and O–H groups in total. The summed E-state index contributed by atoms with van der Waals surface area (Å²) in [6.07, 6.45) is 1.75. The molecule has 7 heteroatoms. The summed E-state index contributed by atoms with van der Waals surface area (Å²) in [5.41, 5.74) is 11.5. The van der Waals surface area contributed by atoms with Crippen LogP contribution in [0.25, 0.3) is 21.8 Å². The van der Waals surface area contributed by atoms with Gasteiger partial charge in [-0.25, -0.2) is 4.98 Å². The summed E-state index contributed by atoms with van der Waals surface area (Å²) in [4.78, 5) is 11.5. The summed E-state index contributed by atoms with van der Waals surface area (Å²) in [5, 5.41) is 9.48. The van der Waals surface area contributed by atoms with E-state index in [0.717, 1.165) is 22.2 Å². The van der Waals surface area contributed by atoms with E-state index in [0.29, 0.717) is 5.69 Å². The molecule has 0 aliphatic carbocycles. The maximum Gasteiger partial charge on any atom is 0.187 e. The predicted octanol–water partition coefficient (Wildman–Crippen LogP) is 4.89. The van der Waals surface area contributed by atoms with E-state index < -0.39 is 0 Å². The van der Waals surface area contributed by atoms with E-state index in [1.54, 1.807) is 18.3 Å². The van der Waals surface area contributed by atoms with Crippen LogP contribution in [-0.2, 0) is 0 Å². The number of thiazole rings is 1. The van der Waals surface area contributed by atoms with Gasteiger partial charge in [0.05, 0.1) is 5.69 Å². The molecule has 0 fully saturated rings. The van der Waals surface area contributed by atoms with Gasteiger partial charge in [0.2, 0.25) is 0 Å². The van der Waals surface area contributed by atoms with Crippen molar-refractivity contribution in [1.29, 1.82) is 0 Å². The van der Waals surface area contributed by atoms with E-state index >= 15 is 0 Å². The molecule has 6 nitrogen and oxygen atoms in total. The van der Waals surface area contributed by atoms with Gasteiger partial charge in [0, 0.05) is 27.9 Å². The molecule has 102 valence electrons. The van der Waals surface area contributed by atoms with Crippen LogP contribution < -0.4 is 5.32 Å². The van der Waals surface area contributed by atoms with Crippen molar-refractivity contribution in [2.45, 2.75) is 0 Å². The first-order valence-electron chi connectivity index (χ1n) is 6.14. The van der Waals surface area contributed by atoms with E-state index in [1.165, 1.54) is 11.3 Å². The third-order valence-electron chi connectivity index (χ3n) is 2.71. The Morgan fingerprint density at radius 3 is 2.67 bits per heavy atom. The van der Waals surface area contributed by atoms with Gasteiger partial charge in [-0.15, -0.1) is 11.3 Å². The van der Waals surface area contributed by atoms with E-state index in [9.17, 15) is 0 Å². The molecule has 2 heterocycles. The number of anilines is 2. The van der Waals surface area contributed by atoms with Crippen molar-refractivity contribution in [2.75, 3.05) is 5.32 Å². The summed E-state index contributed by atoms with van der Waals surface area (Å²) in [5.74, 6) is 0. The lowest BCUT2D eigenvalue weighted by atomic mass is 10.3. The normalized spacial score (nSPS) is 9.90. The van der Waals surface area contributed by atoms with Crippen molar-refractivity contribution in [3.05, 3.63) is 64.5 Å². The Morgan fingerprint density at radius 2 is 1.95 bits per heavy atom. The number of nitrogens with one attached hydrogen (secondary N) is 1. The molecule has 0 saturated heterocycles. The number of hydrogen-bond acceptors (Lipinski definition) is 5. The summed E-state index contributed by atoms with van der Waals surface area (Å²) in [6.45, 7) is 0. The second kappa shape index (κ2) is 6.04. The second-order valence-corrected chi connectivity index (χ2v) is 4.97. The first-order chi connectivity index (χ1) is 10.3. The minimum absolute atomic E-state index is 0.580. The Bertz CT molecular complexity index is 775. The maximum atomic E-state index is 8.36. The molecule has 0 amide bonds. The highest BCUT2D eigenvalue weighted by Gasteiger charge is 2.05. The van der Waals surface area contributed by atoms with Crippen LogP contribution in [0, 0.1) is 0 Å². The van der Waals surface area contributed by atoms with Gasteiger partial charge >= 0.3 is 0 Å². The number of pyridine rings is 1. The minimum Gasteiger partial charge on any atom is -0.332 e. The van der Waals surface area contributed by atoms with Crippen LogP contribution in [0.3, 0.4) is 0 Å². The van der Waals surface area contributed by atoms with Crippen molar-refractivity contribution in [3.8, 4) is 11.4 Å². The molecule has 0 atom stereocenters. The number of hydrogen-bond donors (Lipinski definition) is 1. The Kier molecular flexibility index (Phi) is 3.77. The SMILES string of the molecule is [N-]=[N+]=Nc1ccc(Nc2nc(-c3ccccn3)cs2)cc1. The number of azide groups is 1. The van der Waals surface area contributed by atoms with Crippen LogP contribution in [-0.4, -0.2) is 9.97 Å². The van der Waals surface area contributed by atoms with Crippen LogP contribution in [0.5, 0.6) is 0 Å². The lowest BCUT2D eigenvalue weighted by molar-refractivity contribution is 1.28. The summed E-state index contributed by atoms with van der Waals surface area (Å²) in [7, 11) is 0. The van der Waals surface area contributed by atoms with Crippen molar-refractivity contribution in [3.63, 3.8) is 0 Å². The van der Waals surface area contributed by atoms with Gasteiger partial charge in [-0.1, -0.05) is 23.3 Å². The van der Waals surface area contributed by atoms with Crippen LogP contribution in [0.4, 0.5) is 16.5 Å². The Morgan fingerprint density at radius 1 is 1.10 bits per heavy atom. The van der Waals surface area contributed by atoms with Crippen molar-refractivity contribution >= 4 is 27.8 Å². The molecule has 0 aliphatic heterocycles. The number of rotatable bonds is 4. The van der Waals surface area contributed by atoms with Crippen molar-refractivity contribution in [2.24, 2.45) is 5.11 Å². The largest absolute Gasteiger partial charge is 0.332 e. The number of nitrogens with zero attached hydrogens (tertiary/aromatic N) is 5. The van der Waals surface area contributed by atoms with Gasteiger partial charge in [-0.3, -0.25) is 4.98 Å². The maximum absolute atomic E-state index is 8.36. The van der Waals surface area contributed by atoms with Gasteiger partial charge in [-0.05, 0) is 29.8 Å². The zero-order valence-electron chi connectivity index (χ0n) is 10.8. The highest BCUT2D eigenvalue weighted by molar-refractivity contribution is 7.14. The summed E-state index contributed by atoms with van der Waals surface area (Å²) in [6, 6.07) is 12.9. The first kappa shape index (κ1) is 13.1. The van der Waals surface area contributed by atoms with Crippen LogP contribution in [0.2, 0.25) is 0 Å². The molecule has 0 spiro atoms. The van der Waals surface area contributed by atoms with E-state index in [1.807, 2.05) is 35.7 Å². The summed E-state index contributed by atoms with van der Waals surface area (Å²) < 4.78 is 0. The molecule has 3 aromatic rings. The molecule has 0 unspecified atom stereocenters. The van der Waals surface area contributed by atoms with Gasteiger partial charge < -0.3 is 5.32 Å². The Hall–Kier alpha value is -2.89. The topological polar surface area (TPSA) is 86.6 Å². The molecule has 0 radical (unpaired) electrons. The standard InChI is InChI=1S/C14H10N6S/c15-20-19-11-6-4-10(5-7-11)17-14-18-13(9-21-14)12-3-1-2-8-16-12/h1-9H,(H,17,18). The van der Waals surface area contributed by atoms with Crippen LogP contribution >= 0.6 is 11.3 Å². The van der Waals surface area contributed by atoms with Gasteiger partial charge in [-0.2, -0.15) is 0 Å². The highest BCUT2D eigenvalue weighted by Crippen LogP contribution is 2.26. The molecule has 0 aliphatic rings. The molecular weight excluding hydrogens is 284 g/mol. The molecule has 3 rings (SSSR count). The lowest BCUT2D eigenvalue weighted by Gasteiger charge is -2.02. The van der Waals surface area contributed by atoms with Gasteiger partial charge in [0.1, 0.15) is 5.69 Å². The molecular formula is C14H10N6S. The monoisotopic (exact) mass is 294 g/mol. The fourth-order valence-corrected chi connectivity index (χ4v) is 2.47. The fraction of sp³-hybridized carbons (Fsp3) is 0. The Labute approximate surface area is 124 Å². The van der Waals surface area contributed by atoms with Gasteiger partial charge in [0.15, 0.2) is 5.13 Å². The predicted molar refractivity (Wildman–Crippen MR) is 83.9 cm³/mol. The summed E-state index contributed by atoms with van der Waals surface area (Å²) >= 11 is 1.51. The third kappa shape index (κ3) is 3.17. The molecule has 2 aromatic heterocycles. The third-order valence-corrected chi connectivity index (χ3v) is 3.47. The van der Waals surface area contributed by atoms with Gasteiger partial charge in [0.25, 0.3) is 0 Å². The average Bonchev–Trinajstić information content (AvgIpc) is 2.99. The van der Waals surface area contributed by atoms with Crippen LogP contribution in [0.15, 0.2) is 59.2 Å². The second-order valence-electron chi connectivity index (χ2n) is 4.11. The number of aromatic nitrogens is 2. The fourth-order valence-electron chi connectivity index (χ4n) is 1.75. The molecule has 1 aromatic carbocycles. The highest BCUT2D eigenvalue weighted by atomic mass is 32.1. The average molecular weight is 294 g/mol. The van der Waals surface area contributed by atoms with E-state index in [-0.39, 0.29) is 0 Å². The van der Waals surface area contributed by atoms with E-state index in [4.69, 9.17) is 5.53 Å². The molecule has 0 bridgehead atoms. The van der Waals surface area contributed by atoms with Crippen molar-refractivity contribution in [1.82, 2.24) is 9.97 Å². The van der Waals surface area contributed by atoms with Crippen LogP contribution in [0.1, 0.15) is 0 Å². The first-order valence-corrected chi connectivity index (χ1v) is 7.02. The zero-order chi connectivity index (χ0) is 14.5. The Balaban J connectivity index is 1.76. The lowest BCUT2D eigenvalue weighted by Crippen LogP contribution is -1.89.